The van der Waals surface area contributed by atoms with Crippen molar-refractivity contribution in [1.82, 2.24) is 10.6 Å². The van der Waals surface area contributed by atoms with Crippen LogP contribution in [0.4, 0.5) is 4.39 Å². The molecule has 1 aromatic carbocycles. The molecule has 20 heavy (non-hydrogen) atoms. The first-order chi connectivity index (χ1) is 9.58. The molecule has 0 radical (unpaired) electrons. The number of hydrogen-bond donors (Lipinski definition) is 2. The van der Waals surface area contributed by atoms with Gasteiger partial charge in [0, 0.05) is 13.1 Å². The highest BCUT2D eigenvalue weighted by molar-refractivity contribution is 5.80. The van der Waals surface area contributed by atoms with E-state index in [4.69, 9.17) is 4.74 Å². The van der Waals surface area contributed by atoms with E-state index in [9.17, 15) is 9.18 Å². The monoisotopic (exact) mass is 282 g/mol. The molecule has 0 aliphatic heterocycles. The summed E-state index contributed by atoms with van der Waals surface area (Å²) in [6.45, 7) is 4.87. The Balaban J connectivity index is 2.56. The Labute approximate surface area is 119 Å². The van der Waals surface area contributed by atoms with E-state index in [1.807, 2.05) is 6.92 Å². The van der Waals surface area contributed by atoms with E-state index in [2.05, 4.69) is 10.6 Å². The van der Waals surface area contributed by atoms with Gasteiger partial charge >= 0.3 is 0 Å². The van der Waals surface area contributed by atoms with E-state index in [0.717, 1.165) is 18.4 Å². The van der Waals surface area contributed by atoms with Gasteiger partial charge in [-0.3, -0.25) is 4.79 Å². The minimum absolute atomic E-state index is 0.1000. The molecule has 0 saturated heterocycles. The average molecular weight is 282 g/mol. The number of hydrogen-bond acceptors (Lipinski definition) is 3. The summed E-state index contributed by atoms with van der Waals surface area (Å²) in [4.78, 5) is 11.7. The topological polar surface area (TPSA) is 50.4 Å². The lowest BCUT2D eigenvalue weighted by Crippen LogP contribution is -2.36. The van der Waals surface area contributed by atoms with Crippen molar-refractivity contribution in [2.24, 2.45) is 0 Å². The van der Waals surface area contributed by atoms with Gasteiger partial charge in [-0.2, -0.15) is 0 Å². The van der Waals surface area contributed by atoms with E-state index in [-0.39, 0.29) is 11.7 Å². The third-order valence-corrected chi connectivity index (χ3v) is 2.88. The van der Waals surface area contributed by atoms with Gasteiger partial charge in [-0.25, -0.2) is 4.39 Å². The van der Waals surface area contributed by atoms with Crippen LogP contribution in [0.3, 0.4) is 0 Å². The molecule has 0 bridgehead atoms. The third kappa shape index (κ3) is 5.17. The van der Waals surface area contributed by atoms with Crippen molar-refractivity contribution in [3.63, 3.8) is 0 Å². The minimum atomic E-state index is -0.712. The molecular formula is C15H23FN2O2. The fourth-order valence-electron chi connectivity index (χ4n) is 1.73. The summed E-state index contributed by atoms with van der Waals surface area (Å²) in [7, 11) is 1.80. The van der Waals surface area contributed by atoms with Crippen LogP contribution in [0.5, 0.6) is 5.75 Å². The molecule has 0 heterocycles. The van der Waals surface area contributed by atoms with Gasteiger partial charge < -0.3 is 15.4 Å². The standard InChI is InChI=1S/C15H23FN2O2/c1-4-5-8-18-15(19)11(2)20-14-7-6-12(10-17-3)9-13(14)16/h6-7,9,11,17H,4-5,8,10H2,1-3H3,(H,18,19). The zero-order chi connectivity index (χ0) is 15.0. The first kappa shape index (κ1) is 16.4. The number of nitrogens with one attached hydrogen (secondary N) is 2. The van der Waals surface area contributed by atoms with Crippen LogP contribution in [-0.4, -0.2) is 25.6 Å². The molecule has 0 spiro atoms. The smallest absolute Gasteiger partial charge is 0.260 e. The molecule has 1 atom stereocenters. The van der Waals surface area contributed by atoms with Crippen molar-refractivity contribution >= 4 is 5.91 Å². The van der Waals surface area contributed by atoms with Gasteiger partial charge in [0.1, 0.15) is 0 Å². The summed E-state index contributed by atoms with van der Waals surface area (Å²) in [5, 5.41) is 5.71. The second-order valence-electron chi connectivity index (χ2n) is 4.70. The molecule has 0 saturated carbocycles. The van der Waals surface area contributed by atoms with Crippen molar-refractivity contribution < 1.29 is 13.9 Å². The zero-order valence-electron chi connectivity index (χ0n) is 12.3. The van der Waals surface area contributed by atoms with Gasteiger partial charge in [0.05, 0.1) is 0 Å². The predicted molar refractivity (Wildman–Crippen MR) is 77.2 cm³/mol. The maximum atomic E-state index is 13.8. The summed E-state index contributed by atoms with van der Waals surface area (Å²) in [6.07, 6.45) is 1.22. The van der Waals surface area contributed by atoms with Crippen LogP contribution in [0, 0.1) is 5.82 Å². The second kappa shape index (κ2) is 8.53. The fraction of sp³-hybridized carbons (Fsp3) is 0.533. The Morgan fingerprint density at radius 2 is 2.20 bits per heavy atom. The van der Waals surface area contributed by atoms with E-state index in [1.54, 1.807) is 26.1 Å². The highest BCUT2D eigenvalue weighted by Crippen LogP contribution is 2.19. The zero-order valence-corrected chi connectivity index (χ0v) is 12.3. The van der Waals surface area contributed by atoms with Crippen molar-refractivity contribution in [3.8, 4) is 5.75 Å². The molecule has 0 aromatic heterocycles. The molecular weight excluding hydrogens is 259 g/mol. The summed E-state index contributed by atoms with van der Waals surface area (Å²) in [6, 6.07) is 4.74. The quantitative estimate of drug-likeness (QED) is 0.719. The summed E-state index contributed by atoms with van der Waals surface area (Å²) >= 11 is 0. The second-order valence-corrected chi connectivity index (χ2v) is 4.70. The number of unbranched alkanes of at least 4 members (excludes halogenated alkanes) is 1. The molecule has 0 aliphatic rings. The lowest BCUT2D eigenvalue weighted by molar-refractivity contribution is -0.127. The molecule has 112 valence electrons. The number of benzene rings is 1. The van der Waals surface area contributed by atoms with Crippen molar-refractivity contribution in [1.29, 1.82) is 0 Å². The Morgan fingerprint density at radius 3 is 2.80 bits per heavy atom. The SMILES string of the molecule is CCCCNC(=O)C(C)Oc1ccc(CNC)cc1F. The third-order valence-electron chi connectivity index (χ3n) is 2.88. The maximum absolute atomic E-state index is 13.8. The van der Waals surface area contributed by atoms with Crippen molar-refractivity contribution in [2.45, 2.75) is 39.3 Å². The van der Waals surface area contributed by atoms with Crippen LogP contribution in [-0.2, 0) is 11.3 Å². The predicted octanol–water partition coefficient (Wildman–Crippen LogP) is 2.23. The minimum Gasteiger partial charge on any atom is -0.478 e. The largest absolute Gasteiger partial charge is 0.478 e. The lowest BCUT2D eigenvalue weighted by Gasteiger charge is -2.15. The highest BCUT2D eigenvalue weighted by atomic mass is 19.1. The lowest BCUT2D eigenvalue weighted by atomic mass is 10.2. The van der Waals surface area contributed by atoms with Gasteiger partial charge in [0.15, 0.2) is 17.7 Å². The Morgan fingerprint density at radius 1 is 1.45 bits per heavy atom. The first-order valence-electron chi connectivity index (χ1n) is 6.95. The molecule has 1 unspecified atom stereocenters. The van der Waals surface area contributed by atoms with Crippen molar-refractivity contribution in [2.75, 3.05) is 13.6 Å². The van der Waals surface area contributed by atoms with Crippen LogP contribution in [0.25, 0.3) is 0 Å². The normalized spacial score (nSPS) is 12.0. The number of carbonyl (C=O) groups is 1. The molecule has 2 N–H and O–H groups in total. The molecule has 0 fully saturated rings. The van der Waals surface area contributed by atoms with E-state index < -0.39 is 11.9 Å². The van der Waals surface area contributed by atoms with Crippen LogP contribution in [0.2, 0.25) is 0 Å². The van der Waals surface area contributed by atoms with Gasteiger partial charge in [0.2, 0.25) is 0 Å². The summed E-state index contributed by atoms with van der Waals surface area (Å²) in [5.41, 5.74) is 0.831. The first-order valence-corrected chi connectivity index (χ1v) is 6.95. The number of carbonyl (C=O) groups excluding carboxylic acids is 1. The molecule has 1 rings (SSSR count). The van der Waals surface area contributed by atoms with Gasteiger partial charge in [0.25, 0.3) is 5.91 Å². The number of ether oxygens (including phenoxy) is 1. The van der Waals surface area contributed by atoms with E-state index >= 15 is 0 Å². The van der Waals surface area contributed by atoms with Crippen molar-refractivity contribution in [3.05, 3.63) is 29.6 Å². The van der Waals surface area contributed by atoms with E-state index in [0.29, 0.717) is 13.1 Å². The number of amides is 1. The highest BCUT2D eigenvalue weighted by Gasteiger charge is 2.16. The maximum Gasteiger partial charge on any atom is 0.260 e. The van der Waals surface area contributed by atoms with Crippen LogP contribution in [0.1, 0.15) is 32.3 Å². The number of rotatable bonds is 8. The average Bonchev–Trinajstić information content (AvgIpc) is 2.42. The Bertz CT molecular complexity index is 438. The Hall–Kier alpha value is -1.62. The molecule has 1 amide bonds. The molecule has 4 nitrogen and oxygen atoms in total. The Kier molecular flexibility index (Phi) is 7.01. The molecule has 1 aromatic rings. The molecule has 0 aliphatic carbocycles. The van der Waals surface area contributed by atoms with Crippen LogP contribution < -0.4 is 15.4 Å². The fourth-order valence-corrected chi connectivity index (χ4v) is 1.73. The van der Waals surface area contributed by atoms with Gasteiger partial charge in [-0.15, -0.1) is 0 Å². The number of halogens is 1. The summed E-state index contributed by atoms with van der Waals surface area (Å²) in [5.74, 6) is -0.578. The van der Waals surface area contributed by atoms with Crippen LogP contribution >= 0.6 is 0 Å². The van der Waals surface area contributed by atoms with E-state index in [1.165, 1.54) is 6.07 Å². The molecule has 5 heteroatoms. The summed E-state index contributed by atoms with van der Waals surface area (Å²) < 4.78 is 19.2. The van der Waals surface area contributed by atoms with Gasteiger partial charge in [-0.05, 0) is 38.1 Å². The van der Waals surface area contributed by atoms with Crippen LogP contribution in [0.15, 0.2) is 18.2 Å². The van der Waals surface area contributed by atoms with Gasteiger partial charge in [-0.1, -0.05) is 19.4 Å².